The number of aliphatic hydroxyl groups is 1. The Morgan fingerprint density at radius 2 is 0.809 bits per heavy atom. The van der Waals surface area contributed by atoms with E-state index < -0.39 is 95.2 Å². The van der Waals surface area contributed by atoms with Gasteiger partial charge in [-0.2, -0.15) is 0 Å². The second-order valence-corrected chi connectivity index (χ2v) is 30.6. The molecule has 16 saturated heterocycles. The molecule has 4 spiro atoms. The van der Waals surface area contributed by atoms with E-state index in [2.05, 4.69) is 34.6 Å². The normalized spacial score (nSPS) is 55.6. The molecule has 23 nitrogen and oxygen atoms in total. The summed E-state index contributed by atoms with van der Waals surface area (Å²) in [5.74, 6) is -0.913. The molecular formula is C65H99NaO23. The topological polar surface area (TPSA) is 261 Å². The minimum absolute atomic E-state index is 0. The third-order valence-corrected chi connectivity index (χ3v) is 25.3. The number of fused-ring (bicyclic) bond motifs is 8. The fraction of sp³-hybridized carbons (Fsp3) is 0.954. The molecule has 16 aliphatic heterocycles. The number of rotatable bonds is 5. The van der Waals surface area contributed by atoms with Crippen molar-refractivity contribution in [2.24, 2.45) is 94.7 Å². The Hall–Kier alpha value is -1.27. The van der Waals surface area contributed by atoms with E-state index in [1.807, 2.05) is 48.5 Å². The molecule has 0 radical (unpaired) electrons. The van der Waals surface area contributed by atoms with E-state index in [1.54, 1.807) is 7.11 Å². The van der Waals surface area contributed by atoms with Crippen molar-refractivity contribution in [3.63, 3.8) is 0 Å². The first-order valence-electron chi connectivity index (χ1n) is 33.6. The number of carboxylic acid groups (broad SMARTS) is 1. The van der Waals surface area contributed by atoms with Gasteiger partial charge in [-0.05, 0) is 153 Å². The molecule has 31 atom stereocenters. The number of hydrogen-bond donors (Lipinski definition) is 1. The summed E-state index contributed by atoms with van der Waals surface area (Å²) < 4.78 is 59.1. The van der Waals surface area contributed by atoms with E-state index in [9.17, 15) is 24.6 Å². The van der Waals surface area contributed by atoms with Gasteiger partial charge in [0.1, 0.15) is 0 Å². The fourth-order valence-corrected chi connectivity index (χ4v) is 20.2. The number of hydrogen-bond acceptors (Lipinski definition) is 23. The van der Waals surface area contributed by atoms with Gasteiger partial charge < -0.3 is 62.4 Å². The maximum atomic E-state index is 12.1. The third-order valence-electron chi connectivity index (χ3n) is 25.3. The van der Waals surface area contributed by atoms with Gasteiger partial charge in [0.15, 0.2) is 53.9 Å². The average Bonchev–Trinajstić information content (AvgIpc) is 1.75. The molecular weight excluding hydrogens is 1170 g/mol. The van der Waals surface area contributed by atoms with Crippen molar-refractivity contribution in [1.29, 1.82) is 0 Å². The van der Waals surface area contributed by atoms with Crippen LogP contribution in [0.15, 0.2) is 0 Å². The Balaban J connectivity index is 0.000000116. The van der Waals surface area contributed by atoms with Crippen molar-refractivity contribution in [2.75, 3.05) is 7.11 Å². The van der Waals surface area contributed by atoms with Gasteiger partial charge in [0, 0.05) is 86.1 Å². The smallest absolute Gasteiger partial charge is 0.550 e. The molecule has 4 aliphatic carbocycles. The number of carboxylic acids is 1. The van der Waals surface area contributed by atoms with Crippen LogP contribution in [0.2, 0.25) is 0 Å². The number of aliphatic carboxylic acids is 1. The van der Waals surface area contributed by atoms with E-state index in [4.69, 9.17) is 86.5 Å². The van der Waals surface area contributed by atoms with Crippen LogP contribution in [0.1, 0.15) is 199 Å². The van der Waals surface area contributed by atoms with Crippen molar-refractivity contribution in [2.45, 2.75) is 288 Å². The van der Waals surface area contributed by atoms with E-state index in [-0.39, 0.29) is 102 Å². The van der Waals surface area contributed by atoms with Crippen LogP contribution >= 0.6 is 0 Å². The molecule has 20 rings (SSSR count). The van der Waals surface area contributed by atoms with Crippen LogP contribution in [0.5, 0.6) is 0 Å². The van der Waals surface area contributed by atoms with Gasteiger partial charge in [-0.3, -0.25) is 9.59 Å². The third kappa shape index (κ3) is 11.0. The number of carbonyl (C=O) groups is 3. The van der Waals surface area contributed by atoms with Gasteiger partial charge >= 0.3 is 41.5 Å². The summed E-state index contributed by atoms with van der Waals surface area (Å²) in [6, 6.07) is 0. The van der Waals surface area contributed by atoms with E-state index in [0.29, 0.717) is 53.8 Å². The Morgan fingerprint density at radius 3 is 1.21 bits per heavy atom. The van der Waals surface area contributed by atoms with Crippen molar-refractivity contribution in [3.05, 3.63) is 0 Å². The largest absolute Gasteiger partial charge is 1.00 e. The second kappa shape index (κ2) is 24.7. The second-order valence-electron chi connectivity index (χ2n) is 30.6. The molecule has 0 aromatic carbocycles. The first-order chi connectivity index (χ1) is 41.7. The molecule has 24 heteroatoms. The summed E-state index contributed by atoms with van der Waals surface area (Å²) in [6.45, 7) is 24.8. The summed E-state index contributed by atoms with van der Waals surface area (Å²) in [5.41, 5.74) is -2.34. The standard InChI is InChI=1S/C19H28O8.C16H26O5.C15H24O5.C15H22O5.Na/c1-10-4-5-13-11(2)16(23-15(22)7-6-14(20)21)24-17-19(13)12(10)8-9-18(3,25-17)26-27-19;1-9-5-6-12-10(2)13(17-4)18-14-16(12)11(9)7-8-15(3,19-14)20-21-16;2*1-8-4-5-11-9(2)12(16)17-13-15(11)10(8)6-7-14(3,18-13)19-20-15;/h10-13,16-17H,4-9H2,1-3H3,(H,20,21);9-14H,5-8H2,1-4H3;8-13,16H,4-7H2,1-3H3;8-11,13H,4-7H2,1-3H3;/q;;;;+1/p-1/t10?,11-,12?,13?,16?,17?,18+,19?;9?,10-,11?,12?,13?,14?,15+,16?;8?,9-,10?,11?,12?,13?,14+,15?;8?,9?,10?,11?,13?,14-,15?;/m1110./s1. The van der Waals surface area contributed by atoms with Crippen LogP contribution < -0.4 is 34.7 Å². The van der Waals surface area contributed by atoms with Crippen LogP contribution in [0, 0.1) is 94.7 Å². The van der Waals surface area contributed by atoms with Crippen molar-refractivity contribution < 1.29 is 141 Å². The van der Waals surface area contributed by atoms with E-state index >= 15 is 0 Å². The number of aliphatic hydroxyl groups excluding tert-OH is 1. The minimum Gasteiger partial charge on any atom is -0.550 e. The molecule has 89 heavy (non-hydrogen) atoms. The Bertz CT molecular complexity index is 2600. The van der Waals surface area contributed by atoms with Crippen molar-refractivity contribution in [3.8, 4) is 0 Å². The summed E-state index contributed by atoms with van der Waals surface area (Å²) in [7, 11) is 1.70. The predicted octanol–water partition coefficient (Wildman–Crippen LogP) is 5.69. The zero-order chi connectivity index (χ0) is 62.5. The molecule has 0 aromatic rings. The summed E-state index contributed by atoms with van der Waals surface area (Å²) >= 11 is 0. The molecule has 16 heterocycles. The zero-order valence-corrected chi connectivity index (χ0v) is 56.9. The average molecular weight is 1270 g/mol. The number of carbonyl (C=O) groups excluding carboxylic acids is 3. The first kappa shape index (κ1) is 67.7. The van der Waals surface area contributed by atoms with Gasteiger partial charge in [-0.1, -0.05) is 55.4 Å². The molecule has 4 saturated carbocycles. The molecule has 20 aliphatic rings. The SMILES string of the molecule is CC1CCC2C(C)C(=O)OC3O[C@]4(C)CCC1C32OO4.CC1CCC2[C@@H](C)C(O)OC3O[C@]4(C)CCC1C32OO4.CC1CCC2[C@@H](C)C(OC(=O)CCC(=O)[O-])OC3O[C@]4(C)CCC1C32OO4.COC1OC2O[C@]3(C)CCC4C(C)CCC([C@H]1C)C24OO3.[Na+]. The van der Waals surface area contributed by atoms with Crippen molar-refractivity contribution >= 4 is 17.9 Å². The van der Waals surface area contributed by atoms with Gasteiger partial charge in [0.05, 0.1) is 12.3 Å². The van der Waals surface area contributed by atoms with Crippen molar-refractivity contribution in [1.82, 2.24) is 0 Å². The molecule has 8 bridgehead atoms. The maximum absolute atomic E-state index is 12.1. The molecule has 20 fully saturated rings. The summed E-state index contributed by atoms with van der Waals surface area (Å²) in [5, 5.41) is 20.8. The summed E-state index contributed by atoms with van der Waals surface area (Å²) in [4.78, 5) is 81.5. The van der Waals surface area contributed by atoms with Crippen LogP contribution in [-0.4, -0.2) is 120 Å². The molecule has 1 N–H and O–H groups in total. The van der Waals surface area contributed by atoms with Crippen LogP contribution in [0.3, 0.4) is 0 Å². The van der Waals surface area contributed by atoms with Gasteiger partial charge in [-0.15, -0.1) is 0 Å². The Kier molecular flexibility index (Phi) is 18.8. The molecule has 0 aromatic heterocycles. The summed E-state index contributed by atoms with van der Waals surface area (Å²) in [6.07, 6.45) is 11.1. The first-order valence-corrected chi connectivity index (χ1v) is 33.6. The molecule has 0 amide bonds. The van der Waals surface area contributed by atoms with Gasteiger partial charge in [0.25, 0.3) is 0 Å². The minimum atomic E-state index is -1.28. The monoisotopic (exact) mass is 1270 g/mol. The maximum Gasteiger partial charge on any atom is 1.00 e. The van der Waals surface area contributed by atoms with E-state index in [0.717, 1.165) is 83.5 Å². The van der Waals surface area contributed by atoms with Crippen LogP contribution in [-0.2, 0) is 101 Å². The van der Waals surface area contributed by atoms with E-state index in [1.165, 1.54) is 12.8 Å². The number of ether oxygens (including phenoxy) is 10. The predicted molar refractivity (Wildman–Crippen MR) is 298 cm³/mol. The quantitative estimate of drug-likeness (QED) is 0.197. The zero-order valence-electron chi connectivity index (χ0n) is 54.9. The number of methoxy groups -OCH3 is 1. The molecule has 24 unspecified atom stereocenters. The van der Waals surface area contributed by atoms with Gasteiger partial charge in [0.2, 0.25) is 35.7 Å². The Labute approximate surface area is 545 Å². The number of esters is 2. The van der Waals surface area contributed by atoms with Crippen LogP contribution in [0.4, 0.5) is 0 Å². The van der Waals surface area contributed by atoms with Gasteiger partial charge in [-0.25, -0.2) is 39.1 Å². The Morgan fingerprint density at radius 1 is 0.461 bits per heavy atom. The fourth-order valence-electron chi connectivity index (χ4n) is 20.2. The molecule has 498 valence electrons. The van der Waals surface area contributed by atoms with Crippen LogP contribution in [0.25, 0.3) is 0 Å².